The summed E-state index contributed by atoms with van der Waals surface area (Å²) in [6.45, 7) is -0.475. The second-order valence-corrected chi connectivity index (χ2v) is 3.56. The average Bonchev–Trinajstić information content (AvgIpc) is 2.87. The van der Waals surface area contributed by atoms with Crippen molar-refractivity contribution in [1.29, 1.82) is 0 Å². The number of aromatic carboxylic acids is 1. The van der Waals surface area contributed by atoms with Gasteiger partial charge in [-0.3, -0.25) is 0 Å². The third-order valence-electron chi connectivity index (χ3n) is 2.47. The Hall–Kier alpha value is -1.55. The van der Waals surface area contributed by atoms with E-state index in [1.165, 1.54) is 0 Å². The van der Waals surface area contributed by atoms with Gasteiger partial charge in [-0.1, -0.05) is 0 Å². The van der Waals surface area contributed by atoms with Crippen LogP contribution >= 0.6 is 0 Å². The Kier molecular flexibility index (Phi) is 3.07. The van der Waals surface area contributed by atoms with E-state index >= 15 is 0 Å². The molecule has 1 aromatic rings. The van der Waals surface area contributed by atoms with Gasteiger partial charge in [0.15, 0.2) is 12.1 Å². The normalized spacial score (nSPS) is 32.9. The third-order valence-corrected chi connectivity index (χ3v) is 2.47. The van der Waals surface area contributed by atoms with Gasteiger partial charge in [0.05, 0.1) is 6.61 Å². The number of aliphatic hydroxyl groups is 3. The van der Waals surface area contributed by atoms with Crippen LogP contribution in [0.2, 0.25) is 0 Å². The number of hydrogen-bond acceptors (Lipinski definition) is 8. The number of carbonyl (C=O) groups excluding carboxylic acids is 1. The highest BCUT2D eigenvalue weighted by Crippen LogP contribution is 2.28. The summed E-state index contributed by atoms with van der Waals surface area (Å²) in [5, 5.41) is 41.9. The summed E-state index contributed by atoms with van der Waals surface area (Å²) in [4.78, 5) is 13.9. The van der Waals surface area contributed by atoms with Gasteiger partial charge in [0.1, 0.15) is 30.6 Å². The number of nitrogens with zero attached hydrogens (tertiary/aromatic N) is 3. The van der Waals surface area contributed by atoms with Crippen molar-refractivity contribution in [2.24, 2.45) is 0 Å². The van der Waals surface area contributed by atoms with Crippen molar-refractivity contribution in [3.63, 3.8) is 0 Å². The molecule has 1 aliphatic heterocycles. The van der Waals surface area contributed by atoms with Crippen molar-refractivity contribution in [3.8, 4) is 0 Å². The molecule has 9 nitrogen and oxygen atoms in total. The lowest BCUT2D eigenvalue weighted by Gasteiger charge is -2.13. The number of carboxylic acids is 1. The monoisotopic (exact) mass is 244 g/mol. The predicted octanol–water partition coefficient (Wildman–Crippen LogP) is -3.75. The predicted molar refractivity (Wildman–Crippen MR) is 47.4 cm³/mol. The lowest BCUT2D eigenvalue weighted by molar-refractivity contribution is -0.256. The van der Waals surface area contributed by atoms with Crippen LogP contribution in [-0.2, 0) is 4.74 Å². The molecule has 1 saturated heterocycles. The number of carbonyl (C=O) groups is 1. The molecule has 17 heavy (non-hydrogen) atoms. The molecule has 94 valence electrons. The van der Waals surface area contributed by atoms with Gasteiger partial charge >= 0.3 is 0 Å². The van der Waals surface area contributed by atoms with Crippen molar-refractivity contribution in [2.45, 2.75) is 24.5 Å². The van der Waals surface area contributed by atoms with Crippen LogP contribution in [0.1, 0.15) is 16.8 Å². The van der Waals surface area contributed by atoms with Gasteiger partial charge in [0.2, 0.25) is 0 Å². The SMILES string of the molecule is O=C([O-])c1ncn([C@@H]2O[C@H](CO)[C@@H](O)[C@H]2O)n1. The number of aliphatic hydroxyl groups excluding tert-OH is 3. The summed E-state index contributed by atoms with van der Waals surface area (Å²) < 4.78 is 6.06. The molecule has 1 aromatic heterocycles. The van der Waals surface area contributed by atoms with Crippen LogP contribution in [0.4, 0.5) is 0 Å². The molecule has 0 unspecified atom stereocenters. The number of hydrogen-bond donors (Lipinski definition) is 3. The molecule has 0 radical (unpaired) electrons. The number of ether oxygens (including phenoxy) is 1. The third kappa shape index (κ3) is 2.00. The van der Waals surface area contributed by atoms with Crippen molar-refractivity contribution >= 4 is 5.97 Å². The summed E-state index contributed by atoms with van der Waals surface area (Å²) >= 11 is 0. The molecule has 0 saturated carbocycles. The smallest absolute Gasteiger partial charge is 0.196 e. The lowest BCUT2D eigenvalue weighted by atomic mass is 10.1. The maximum atomic E-state index is 10.5. The molecule has 0 bridgehead atoms. The van der Waals surface area contributed by atoms with E-state index in [0.29, 0.717) is 0 Å². The highest BCUT2D eigenvalue weighted by Gasteiger charge is 2.43. The Labute approximate surface area is 94.9 Å². The van der Waals surface area contributed by atoms with Gasteiger partial charge in [0, 0.05) is 0 Å². The van der Waals surface area contributed by atoms with E-state index in [4.69, 9.17) is 9.84 Å². The first-order chi connectivity index (χ1) is 8.04. The number of carboxylic acid groups (broad SMARTS) is 1. The van der Waals surface area contributed by atoms with Crippen LogP contribution in [0.15, 0.2) is 6.33 Å². The van der Waals surface area contributed by atoms with Gasteiger partial charge in [0.25, 0.3) is 0 Å². The maximum absolute atomic E-state index is 10.5. The van der Waals surface area contributed by atoms with Crippen LogP contribution in [0.25, 0.3) is 0 Å². The van der Waals surface area contributed by atoms with E-state index in [1.807, 2.05) is 0 Å². The van der Waals surface area contributed by atoms with Crippen LogP contribution in [0.5, 0.6) is 0 Å². The highest BCUT2D eigenvalue weighted by molar-refractivity contribution is 5.80. The molecule has 2 rings (SSSR count). The van der Waals surface area contributed by atoms with Crippen molar-refractivity contribution in [3.05, 3.63) is 12.2 Å². The largest absolute Gasteiger partial charge is 0.541 e. The molecule has 1 fully saturated rings. The van der Waals surface area contributed by atoms with Crippen molar-refractivity contribution in [1.82, 2.24) is 14.8 Å². The van der Waals surface area contributed by atoms with Crippen LogP contribution in [0, 0.1) is 0 Å². The standard InChI is InChI=1S/C8H11N3O6/c12-1-3-4(13)5(14)7(17-3)11-2-9-6(10-11)8(15)16/h2-5,7,12-14H,1H2,(H,15,16)/p-1/t3-,4-,5-,7-/m1/s1. The van der Waals surface area contributed by atoms with Gasteiger partial charge in [-0.05, 0) is 0 Å². The average molecular weight is 244 g/mol. The molecule has 0 amide bonds. The van der Waals surface area contributed by atoms with E-state index in [2.05, 4.69) is 10.1 Å². The first-order valence-corrected chi connectivity index (χ1v) is 4.79. The van der Waals surface area contributed by atoms with E-state index in [1.54, 1.807) is 0 Å². The van der Waals surface area contributed by atoms with Gasteiger partial charge in [-0.25, -0.2) is 9.67 Å². The summed E-state index contributed by atoms with van der Waals surface area (Å²) in [5.41, 5.74) is 0. The van der Waals surface area contributed by atoms with E-state index in [9.17, 15) is 20.1 Å². The molecule has 4 atom stereocenters. The Morgan fingerprint density at radius 2 is 2.24 bits per heavy atom. The quantitative estimate of drug-likeness (QED) is 0.492. The fourth-order valence-electron chi connectivity index (χ4n) is 1.59. The fraction of sp³-hybridized carbons (Fsp3) is 0.625. The Balaban J connectivity index is 2.19. The molecule has 0 aromatic carbocycles. The second-order valence-electron chi connectivity index (χ2n) is 3.56. The second kappa shape index (κ2) is 4.37. The van der Waals surface area contributed by atoms with E-state index < -0.39 is 42.9 Å². The first-order valence-electron chi connectivity index (χ1n) is 4.79. The van der Waals surface area contributed by atoms with E-state index in [0.717, 1.165) is 11.0 Å². The molecular weight excluding hydrogens is 234 g/mol. The minimum atomic E-state index is -1.56. The zero-order chi connectivity index (χ0) is 12.6. The van der Waals surface area contributed by atoms with E-state index in [-0.39, 0.29) is 0 Å². The topological polar surface area (TPSA) is 141 Å². The molecule has 0 spiro atoms. The molecule has 9 heteroatoms. The summed E-state index contributed by atoms with van der Waals surface area (Å²) in [5.74, 6) is -2.11. The molecular formula is C8H10N3O6-. The number of rotatable bonds is 3. The molecule has 2 heterocycles. The van der Waals surface area contributed by atoms with Crippen molar-refractivity contribution in [2.75, 3.05) is 6.61 Å². The van der Waals surface area contributed by atoms with Gasteiger partial charge < -0.3 is 30.0 Å². The van der Waals surface area contributed by atoms with Crippen LogP contribution in [-0.4, -0.2) is 61.0 Å². The zero-order valence-electron chi connectivity index (χ0n) is 8.50. The highest BCUT2D eigenvalue weighted by atomic mass is 16.6. The van der Waals surface area contributed by atoms with Crippen molar-refractivity contribution < 1.29 is 30.0 Å². The van der Waals surface area contributed by atoms with Gasteiger partial charge in [-0.2, -0.15) is 0 Å². The minimum absolute atomic E-state index is 0.475. The Morgan fingerprint density at radius 3 is 2.71 bits per heavy atom. The zero-order valence-corrected chi connectivity index (χ0v) is 8.50. The summed E-state index contributed by atoms with van der Waals surface area (Å²) in [6.07, 6.45) is -3.62. The fourth-order valence-corrected chi connectivity index (χ4v) is 1.59. The Morgan fingerprint density at radius 1 is 1.53 bits per heavy atom. The summed E-state index contributed by atoms with van der Waals surface area (Å²) in [6, 6.07) is 0. The lowest BCUT2D eigenvalue weighted by Crippen LogP contribution is -2.33. The summed E-state index contributed by atoms with van der Waals surface area (Å²) in [7, 11) is 0. The molecule has 3 N–H and O–H groups in total. The maximum Gasteiger partial charge on any atom is 0.196 e. The molecule has 1 aliphatic rings. The van der Waals surface area contributed by atoms with Gasteiger partial charge in [-0.15, -0.1) is 5.10 Å². The minimum Gasteiger partial charge on any atom is -0.541 e. The Bertz CT molecular complexity index is 421. The first kappa shape index (κ1) is 11.9. The van der Waals surface area contributed by atoms with Crippen LogP contribution < -0.4 is 5.11 Å². The number of aromatic nitrogens is 3. The molecule has 0 aliphatic carbocycles. The van der Waals surface area contributed by atoms with Crippen LogP contribution in [0.3, 0.4) is 0 Å².